The van der Waals surface area contributed by atoms with Crippen LogP contribution in [-0.4, -0.2) is 32.2 Å². The molecule has 7 nitrogen and oxygen atoms in total. The van der Waals surface area contributed by atoms with E-state index in [1.165, 1.54) is 24.3 Å². The summed E-state index contributed by atoms with van der Waals surface area (Å²) in [6.07, 6.45) is 0. The number of amides is 1. The number of aryl methyl sites for hydroxylation is 2. The molecule has 0 aliphatic heterocycles. The molecule has 2 rings (SSSR count). The van der Waals surface area contributed by atoms with Crippen molar-refractivity contribution < 1.29 is 14.7 Å². The number of anilines is 1. The van der Waals surface area contributed by atoms with Gasteiger partial charge in [-0.1, -0.05) is 6.07 Å². The number of benzene rings is 1. The van der Waals surface area contributed by atoms with Crippen molar-refractivity contribution in [2.45, 2.75) is 13.8 Å². The number of carboxylic acids is 1. The third-order valence-electron chi connectivity index (χ3n) is 2.69. The van der Waals surface area contributed by atoms with Gasteiger partial charge in [-0.05, 0) is 32.0 Å². The molecule has 7 heteroatoms. The minimum Gasteiger partial charge on any atom is -0.478 e. The van der Waals surface area contributed by atoms with E-state index in [1.807, 2.05) is 0 Å². The number of nitrogens with zero attached hydrogens (tertiary/aromatic N) is 3. The topological polar surface area (TPSA) is 105 Å². The van der Waals surface area contributed by atoms with E-state index in [4.69, 9.17) is 5.11 Å². The maximum atomic E-state index is 12.0. The van der Waals surface area contributed by atoms with E-state index < -0.39 is 11.9 Å². The van der Waals surface area contributed by atoms with Crippen molar-refractivity contribution in [3.05, 3.63) is 46.8 Å². The molecule has 2 N–H and O–H groups in total. The van der Waals surface area contributed by atoms with E-state index in [-0.39, 0.29) is 17.1 Å². The Balaban J connectivity index is 2.21. The van der Waals surface area contributed by atoms with Gasteiger partial charge in [0.15, 0.2) is 0 Å². The summed E-state index contributed by atoms with van der Waals surface area (Å²) in [5.41, 5.74) is 1.59. The molecule has 1 amide bonds. The van der Waals surface area contributed by atoms with E-state index in [1.54, 1.807) is 13.8 Å². The number of nitrogens with one attached hydrogen (secondary N) is 1. The Morgan fingerprint density at radius 1 is 1.10 bits per heavy atom. The maximum absolute atomic E-state index is 12.0. The molecule has 102 valence electrons. The molecular weight excluding hydrogens is 260 g/mol. The fourth-order valence-electron chi connectivity index (χ4n) is 1.48. The zero-order valence-corrected chi connectivity index (χ0v) is 10.9. The number of aromatic carboxylic acids is 1. The third kappa shape index (κ3) is 2.94. The van der Waals surface area contributed by atoms with Crippen LogP contribution in [0.25, 0.3) is 0 Å². The van der Waals surface area contributed by atoms with Crippen LogP contribution in [0, 0.1) is 13.8 Å². The van der Waals surface area contributed by atoms with Crippen LogP contribution < -0.4 is 5.32 Å². The lowest BCUT2D eigenvalue weighted by Crippen LogP contribution is -2.16. The zero-order chi connectivity index (χ0) is 14.7. The summed E-state index contributed by atoms with van der Waals surface area (Å²) in [5.74, 6) is -1.50. The van der Waals surface area contributed by atoms with Crippen molar-refractivity contribution in [3.8, 4) is 0 Å². The smallest absolute Gasteiger partial charge is 0.335 e. The summed E-state index contributed by atoms with van der Waals surface area (Å²) >= 11 is 0. The number of carbonyl (C=O) groups excluding carboxylic acids is 1. The van der Waals surface area contributed by atoms with E-state index in [0.29, 0.717) is 11.4 Å². The molecule has 0 aliphatic rings. The standard InChI is InChI=1S/C13H12N4O3/c1-7-8(2)16-17-13(14-7)15-11(18)9-4-3-5-10(6-9)12(19)20/h3-6H,1-2H3,(H,19,20)(H,14,15,17,18). The maximum Gasteiger partial charge on any atom is 0.335 e. The van der Waals surface area contributed by atoms with Crippen molar-refractivity contribution >= 4 is 17.8 Å². The first-order chi connectivity index (χ1) is 9.47. The van der Waals surface area contributed by atoms with Crippen molar-refractivity contribution in [1.82, 2.24) is 15.2 Å². The number of aromatic nitrogens is 3. The predicted octanol–water partition coefficient (Wildman–Crippen LogP) is 1.44. The Kier molecular flexibility index (Phi) is 3.69. The highest BCUT2D eigenvalue weighted by Crippen LogP contribution is 2.08. The summed E-state index contributed by atoms with van der Waals surface area (Å²) in [6, 6.07) is 5.70. The minimum atomic E-state index is -1.09. The molecule has 2 aromatic rings. The molecule has 0 saturated carbocycles. The van der Waals surface area contributed by atoms with Crippen LogP contribution in [0.2, 0.25) is 0 Å². The van der Waals surface area contributed by atoms with E-state index in [9.17, 15) is 9.59 Å². The lowest BCUT2D eigenvalue weighted by Gasteiger charge is -2.05. The third-order valence-corrected chi connectivity index (χ3v) is 2.69. The van der Waals surface area contributed by atoms with Gasteiger partial charge in [0.05, 0.1) is 17.0 Å². The van der Waals surface area contributed by atoms with Gasteiger partial charge in [-0.25, -0.2) is 9.78 Å². The first kappa shape index (κ1) is 13.6. The molecule has 0 unspecified atom stereocenters. The van der Waals surface area contributed by atoms with Crippen LogP contribution in [0.4, 0.5) is 5.95 Å². The lowest BCUT2D eigenvalue weighted by atomic mass is 10.1. The van der Waals surface area contributed by atoms with Crippen LogP contribution in [-0.2, 0) is 0 Å². The molecule has 1 heterocycles. The second-order valence-electron chi connectivity index (χ2n) is 4.15. The second kappa shape index (κ2) is 5.43. The van der Waals surface area contributed by atoms with Crippen LogP contribution in [0.3, 0.4) is 0 Å². The second-order valence-corrected chi connectivity index (χ2v) is 4.15. The van der Waals surface area contributed by atoms with Crippen molar-refractivity contribution in [2.24, 2.45) is 0 Å². The normalized spacial score (nSPS) is 10.1. The first-order valence-corrected chi connectivity index (χ1v) is 5.80. The summed E-state index contributed by atoms with van der Waals surface area (Å²) < 4.78 is 0. The number of carboxylic acid groups (broad SMARTS) is 1. The quantitative estimate of drug-likeness (QED) is 0.875. The van der Waals surface area contributed by atoms with Crippen LogP contribution in [0.15, 0.2) is 24.3 Å². The minimum absolute atomic E-state index is 0.0387. The molecule has 0 aliphatic carbocycles. The van der Waals surface area contributed by atoms with Gasteiger partial charge in [0.1, 0.15) is 0 Å². The summed E-state index contributed by atoms with van der Waals surface area (Å²) in [6.45, 7) is 3.52. The monoisotopic (exact) mass is 272 g/mol. The molecule has 0 saturated heterocycles. The van der Waals surface area contributed by atoms with Crippen molar-refractivity contribution in [1.29, 1.82) is 0 Å². The Morgan fingerprint density at radius 2 is 1.80 bits per heavy atom. The molecular formula is C13H12N4O3. The Bertz CT molecular complexity index is 685. The molecule has 1 aromatic heterocycles. The summed E-state index contributed by atoms with van der Waals surface area (Å²) in [7, 11) is 0. The molecule has 1 aromatic carbocycles. The average molecular weight is 272 g/mol. The van der Waals surface area contributed by atoms with Crippen LogP contribution in [0.5, 0.6) is 0 Å². The van der Waals surface area contributed by atoms with Gasteiger partial charge in [-0.2, -0.15) is 5.10 Å². The first-order valence-electron chi connectivity index (χ1n) is 5.80. The van der Waals surface area contributed by atoms with Crippen molar-refractivity contribution in [2.75, 3.05) is 5.32 Å². The number of hydrogen-bond donors (Lipinski definition) is 2. The molecule has 0 atom stereocenters. The van der Waals surface area contributed by atoms with Crippen LogP contribution in [0.1, 0.15) is 32.1 Å². The number of carbonyl (C=O) groups is 2. The molecule has 0 bridgehead atoms. The molecule has 0 spiro atoms. The lowest BCUT2D eigenvalue weighted by molar-refractivity contribution is 0.0697. The van der Waals surface area contributed by atoms with Gasteiger partial charge in [0.2, 0.25) is 5.95 Å². The van der Waals surface area contributed by atoms with E-state index in [0.717, 1.165) is 0 Å². The van der Waals surface area contributed by atoms with Gasteiger partial charge in [0, 0.05) is 5.56 Å². The highest BCUT2D eigenvalue weighted by molar-refractivity contribution is 6.04. The Hall–Kier alpha value is -2.83. The van der Waals surface area contributed by atoms with E-state index in [2.05, 4.69) is 20.5 Å². The van der Waals surface area contributed by atoms with E-state index >= 15 is 0 Å². The Morgan fingerprint density at radius 3 is 2.45 bits per heavy atom. The van der Waals surface area contributed by atoms with Gasteiger partial charge in [-0.3, -0.25) is 10.1 Å². The van der Waals surface area contributed by atoms with Crippen molar-refractivity contribution in [3.63, 3.8) is 0 Å². The van der Waals surface area contributed by atoms with Gasteiger partial charge < -0.3 is 5.11 Å². The molecule has 20 heavy (non-hydrogen) atoms. The molecule has 0 fully saturated rings. The summed E-state index contributed by atoms with van der Waals surface area (Å²) in [5, 5.41) is 19.0. The average Bonchev–Trinajstić information content (AvgIpc) is 2.43. The highest BCUT2D eigenvalue weighted by atomic mass is 16.4. The zero-order valence-electron chi connectivity index (χ0n) is 10.9. The van der Waals surface area contributed by atoms with Crippen LogP contribution >= 0.6 is 0 Å². The predicted molar refractivity (Wildman–Crippen MR) is 70.7 cm³/mol. The van der Waals surface area contributed by atoms with Gasteiger partial charge >= 0.3 is 5.97 Å². The largest absolute Gasteiger partial charge is 0.478 e. The fraction of sp³-hybridized carbons (Fsp3) is 0.154. The highest BCUT2D eigenvalue weighted by Gasteiger charge is 2.11. The van der Waals surface area contributed by atoms with Gasteiger partial charge in [0.25, 0.3) is 5.91 Å². The van der Waals surface area contributed by atoms with Gasteiger partial charge in [-0.15, -0.1) is 5.10 Å². The Labute approximate surface area is 114 Å². The fourth-order valence-corrected chi connectivity index (χ4v) is 1.48. The SMILES string of the molecule is Cc1nnc(NC(=O)c2cccc(C(=O)O)c2)nc1C. The molecule has 0 radical (unpaired) electrons. The summed E-state index contributed by atoms with van der Waals surface area (Å²) in [4.78, 5) is 26.9. The number of hydrogen-bond acceptors (Lipinski definition) is 5. The number of rotatable bonds is 3.